The van der Waals surface area contributed by atoms with Crippen LogP contribution in [-0.2, 0) is 5.41 Å². The smallest absolute Gasteiger partial charge is 0.149 e. The van der Waals surface area contributed by atoms with Crippen molar-refractivity contribution in [2.75, 3.05) is 0 Å². The number of imidazole rings is 1. The van der Waals surface area contributed by atoms with Crippen molar-refractivity contribution in [3.05, 3.63) is 216 Å². The third-order valence-corrected chi connectivity index (χ3v) is 12.7. The first kappa shape index (κ1) is 30.5. The Morgan fingerprint density at radius 3 is 1.84 bits per heavy atom. The second-order valence-electron chi connectivity index (χ2n) is 18.1. The molecule has 0 aliphatic carbocycles. The molecule has 0 unspecified atom stereocenters. The van der Waals surface area contributed by atoms with Gasteiger partial charge >= 0.3 is 0 Å². The summed E-state index contributed by atoms with van der Waals surface area (Å²) < 4.78 is 132. The van der Waals surface area contributed by atoms with Crippen molar-refractivity contribution in [3.8, 4) is 89.7 Å². The fraction of sp³-hybridized carbons (Fsp3) is 0.169. The van der Waals surface area contributed by atoms with Gasteiger partial charge in [-0.15, -0.1) is 0 Å². The molecule has 8 aromatic carbocycles. The van der Waals surface area contributed by atoms with E-state index in [4.69, 9.17) is 21.4 Å². The topological polar surface area (TPSA) is 50.9 Å². The summed E-state index contributed by atoms with van der Waals surface area (Å²) in [7, 11) is 0. The molecule has 10 rings (SSSR count). The molecule has 0 aliphatic heterocycles. The van der Waals surface area contributed by atoms with E-state index >= 15 is 0 Å². The van der Waals surface area contributed by atoms with Crippen LogP contribution in [0.2, 0.25) is 0 Å². The highest BCUT2D eigenvalue weighted by atomic mass is 16.3. The maximum Gasteiger partial charge on any atom is 0.149 e. The summed E-state index contributed by atoms with van der Waals surface area (Å²) in [5, 5.41) is 12.5. The first-order valence-corrected chi connectivity index (χ1v) is 23.0. The number of phenols is 1. The Kier molecular flexibility index (Phi) is 8.12. The Hall–Kier alpha value is -7.82. The number of hydrogen-bond acceptors (Lipinski definition) is 3. The third-order valence-electron chi connectivity index (χ3n) is 12.7. The molecule has 340 valence electrons. The van der Waals surface area contributed by atoms with Gasteiger partial charge in [0, 0.05) is 35.2 Å². The molecule has 0 aliphatic rings. The van der Waals surface area contributed by atoms with Crippen molar-refractivity contribution in [2.24, 2.45) is 0 Å². The number of para-hydroxylation sites is 1. The van der Waals surface area contributed by atoms with Crippen molar-refractivity contribution < 1.29 is 25.7 Å². The molecular formula is C65H59N3O. The largest absolute Gasteiger partial charge is 0.507 e. The molecule has 4 heteroatoms. The monoisotopic (exact) mass is 913 g/mol. The number of nitrogens with zero attached hydrogens (tertiary/aromatic N) is 3. The summed E-state index contributed by atoms with van der Waals surface area (Å²) in [6.45, 7) is -1.30. The van der Waals surface area contributed by atoms with Crippen LogP contribution in [0.5, 0.6) is 5.75 Å². The highest BCUT2D eigenvalue weighted by molar-refractivity contribution is 5.99. The summed E-state index contributed by atoms with van der Waals surface area (Å²) in [5.41, 5.74) is 5.91. The zero-order valence-electron chi connectivity index (χ0n) is 54.0. The number of aromatic hydroxyl groups is 1. The van der Waals surface area contributed by atoms with E-state index in [0.29, 0.717) is 44.7 Å². The van der Waals surface area contributed by atoms with Crippen molar-refractivity contribution in [1.82, 2.24) is 14.5 Å². The zero-order valence-corrected chi connectivity index (χ0v) is 39.0. The van der Waals surface area contributed by atoms with Gasteiger partial charge in [-0.2, -0.15) is 0 Å². The summed E-state index contributed by atoms with van der Waals surface area (Å²) in [6.07, 6.45) is 1.09. The van der Waals surface area contributed by atoms with Crippen LogP contribution in [0.1, 0.15) is 103 Å². The molecule has 0 fully saturated rings. The average molecular weight is 913 g/mol. The Morgan fingerprint density at radius 1 is 0.551 bits per heavy atom. The Labute approximate surface area is 428 Å². The van der Waals surface area contributed by atoms with E-state index in [0.717, 1.165) is 56.4 Å². The predicted molar refractivity (Wildman–Crippen MR) is 290 cm³/mol. The number of benzene rings is 8. The number of phenolic OH excluding ortho intramolecular Hbond substituents is 1. The third kappa shape index (κ3) is 8.80. The van der Waals surface area contributed by atoms with Gasteiger partial charge in [0.05, 0.1) is 36.2 Å². The van der Waals surface area contributed by atoms with Gasteiger partial charge in [0.15, 0.2) is 0 Å². The molecule has 0 saturated carbocycles. The number of fused-ring (bicyclic) bond motifs is 1. The second kappa shape index (κ2) is 18.3. The molecular weight excluding hydrogens is 839 g/mol. The number of aryl methyl sites for hydroxylation is 1. The molecule has 0 amide bonds. The summed E-state index contributed by atoms with van der Waals surface area (Å²) in [6, 6.07) is 43.9. The minimum Gasteiger partial charge on any atom is -0.507 e. The summed E-state index contributed by atoms with van der Waals surface area (Å²) in [4.78, 5) is 10.2. The second-order valence-corrected chi connectivity index (χ2v) is 18.1. The number of hydrogen-bond donors (Lipinski definition) is 1. The van der Waals surface area contributed by atoms with Crippen LogP contribution in [0.15, 0.2) is 194 Å². The molecule has 0 bridgehead atoms. The van der Waals surface area contributed by atoms with E-state index in [9.17, 15) is 9.22 Å². The van der Waals surface area contributed by atoms with E-state index in [1.807, 2.05) is 111 Å². The lowest BCUT2D eigenvalue weighted by Crippen LogP contribution is -2.10. The van der Waals surface area contributed by atoms with Crippen LogP contribution in [0.3, 0.4) is 0 Å². The molecule has 69 heavy (non-hydrogen) atoms. The Bertz CT molecular complexity index is 4120. The fourth-order valence-electron chi connectivity index (χ4n) is 9.01. The van der Waals surface area contributed by atoms with Gasteiger partial charge in [-0.3, -0.25) is 9.55 Å². The number of aromatic nitrogens is 3. The first-order valence-electron chi connectivity index (χ1n) is 30.5. The highest BCUT2D eigenvalue weighted by Crippen LogP contribution is 2.45. The number of pyridine rings is 1. The minimum absolute atomic E-state index is 0.0503. The van der Waals surface area contributed by atoms with E-state index in [1.165, 1.54) is 0 Å². The van der Waals surface area contributed by atoms with Gasteiger partial charge in [0.2, 0.25) is 0 Å². The van der Waals surface area contributed by atoms with Crippen LogP contribution in [0.4, 0.5) is 0 Å². The normalized spacial score (nSPS) is 15.5. The fourth-order valence-corrected chi connectivity index (χ4v) is 9.01. The zero-order chi connectivity index (χ0) is 60.7. The standard InChI is InChI=1S/C65H59N3O/c1-41(2)49-37-55(42(3)4)63(69)58(38-49)64-67-62-54(25-18-26-60(62)68(64)61-40-56(46-21-14-10-15-22-46)43(5)33-57(61)47-23-16-11-17-24-47)51-34-50(44-19-12-9-13-20-44)35-52(36-51)59-39-48(31-32-66-59)45-27-29-53(30-28-45)65(6,7)8/h9-42,69H,1-8H3/i6D3,7D3,8D3,27D,28D,29D,30D,31D,39D. The quantitative estimate of drug-likeness (QED) is 0.149. The minimum atomic E-state index is -3.90. The van der Waals surface area contributed by atoms with Crippen LogP contribution in [-0.4, -0.2) is 19.6 Å². The van der Waals surface area contributed by atoms with Gasteiger partial charge < -0.3 is 5.11 Å². The van der Waals surface area contributed by atoms with Gasteiger partial charge in [-0.1, -0.05) is 182 Å². The molecule has 1 N–H and O–H groups in total. The van der Waals surface area contributed by atoms with Crippen LogP contribution in [0, 0.1) is 6.92 Å². The molecule has 10 aromatic rings. The molecule has 4 nitrogen and oxygen atoms in total. The van der Waals surface area contributed by atoms with Gasteiger partial charge in [-0.05, 0) is 145 Å². The van der Waals surface area contributed by atoms with Crippen LogP contribution < -0.4 is 0 Å². The van der Waals surface area contributed by atoms with Crippen molar-refractivity contribution in [1.29, 1.82) is 0 Å². The molecule has 2 aromatic heterocycles. The van der Waals surface area contributed by atoms with E-state index in [2.05, 4.69) is 72.8 Å². The average Bonchev–Trinajstić information content (AvgIpc) is 0.786. The lowest BCUT2D eigenvalue weighted by molar-refractivity contribution is 0.466. The molecule has 0 spiro atoms. The van der Waals surface area contributed by atoms with Crippen molar-refractivity contribution in [2.45, 2.75) is 72.4 Å². The Morgan fingerprint density at radius 2 is 1.19 bits per heavy atom. The van der Waals surface area contributed by atoms with E-state index in [-0.39, 0.29) is 23.3 Å². The van der Waals surface area contributed by atoms with Crippen LogP contribution >= 0.6 is 0 Å². The van der Waals surface area contributed by atoms with Gasteiger partial charge in [0.25, 0.3) is 0 Å². The highest BCUT2D eigenvalue weighted by Gasteiger charge is 2.26. The van der Waals surface area contributed by atoms with Crippen molar-refractivity contribution >= 4 is 11.0 Å². The Balaban J connectivity index is 1.27. The molecule has 0 saturated heterocycles. The summed E-state index contributed by atoms with van der Waals surface area (Å²) in [5.74, 6) is 0.614. The van der Waals surface area contributed by atoms with E-state index in [1.54, 1.807) is 12.1 Å². The maximum absolute atomic E-state index is 12.5. The van der Waals surface area contributed by atoms with Crippen molar-refractivity contribution in [3.63, 3.8) is 0 Å². The predicted octanol–water partition coefficient (Wildman–Crippen LogP) is 17.6. The first-order chi connectivity index (χ1) is 39.6. The molecule has 2 heterocycles. The SMILES string of the molecule is [2H]c1cnc(-c2cc(-c3ccccc3)cc(-c3cccc4c3nc(-c3cc(C(C)C)cc(C(C)C)c3O)n4-c3cc(-c4ccccc4)c(C)cc3-c3ccccc3)c2)c([2H])c1-c1c([2H])c([2H])c(C(C([2H])([2H])[2H])(C([2H])([2H])[2H])C([2H])([2H])[2H])c([2H])c1[2H]. The van der Waals surface area contributed by atoms with E-state index < -0.39 is 78.9 Å². The lowest BCUT2D eigenvalue weighted by Gasteiger charge is -2.21. The van der Waals surface area contributed by atoms with Gasteiger partial charge in [-0.25, -0.2) is 4.98 Å². The van der Waals surface area contributed by atoms with Crippen LogP contribution in [0.25, 0.3) is 95.0 Å². The van der Waals surface area contributed by atoms with Gasteiger partial charge in [0.1, 0.15) is 11.6 Å². The molecule has 0 radical (unpaired) electrons. The lowest BCUT2D eigenvalue weighted by atomic mass is 9.86. The summed E-state index contributed by atoms with van der Waals surface area (Å²) >= 11 is 0. The maximum atomic E-state index is 12.5. The number of rotatable bonds is 10. The molecule has 0 atom stereocenters.